The van der Waals surface area contributed by atoms with E-state index in [1.165, 1.54) is 0 Å². The lowest BCUT2D eigenvalue weighted by atomic mass is 10.1. The summed E-state index contributed by atoms with van der Waals surface area (Å²) < 4.78 is 62.1. The fourth-order valence-corrected chi connectivity index (χ4v) is 2.18. The maximum atomic E-state index is 14.0. The van der Waals surface area contributed by atoms with Gasteiger partial charge in [0.2, 0.25) is 0 Å². The van der Waals surface area contributed by atoms with Crippen molar-refractivity contribution in [3.8, 4) is 22.8 Å². The van der Waals surface area contributed by atoms with Crippen molar-refractivity contribution < 1.29 is 36.9 Å². The molecule has 23 heavy (non-hydrogen) atoms. The van der Waals surface area contributed by atoms with Crippen LogP contribution in [0.2, 0.25) is 5.02 Å². The van der Waals surface area contributed by atoms with E-state index in [4.69, 9.17) is 16.7 Å². The highest BCUT2D eigenvalue weighted by Crippen LogP contribution is 2.44. The second kappa shape index (κ2) is 4.98. The zero-order valence-electron chi connectivity index (χ0n) is 10.7. The molecule has 0 unspecified atom stereocenters. The number of alkyl halides is 2. The molecule has 120 valence electrons. The van der Waals surface area contributed by atoms with Gasteiger partial charge in [0.05, 0.1) is 5.02 Å². The molecule has 1 N–H and O–H groups in total. The largest absolute Gasteiger partial charge is 0.586 e. The van der Waals surface area contributed by atoms with E-state index in [0.717, 1.165) is 6.07 Å². The molecule has 10 heteroatoms. The predicted octanol–water partition coefficient (Wildman–Crippen LogP) is 3.70. The smallest absolute Gasteiger partial charge is 0.476 e. The molecule has 0 amide bonds. The molecule has 0 saturated heterocycles. The highest BCUT2D eigenvalue weighted by molar-refractivity contribution is 6.33. The molecule has 0 radical (unpaired) electrons. The maximum absolute atomic E-state index is 14.0. The lowest BCUT2D eigenvalue weighted by Gasteiger charge is -2.08. The van der Waals surface area contributed by atoms with Crippen molar-refractivity contribution in [2.75, 3.05) is 0 Å². The Hall–Kier alpha value is -2.55. The van der Waals surface area contributed by atoms with Crippen LogP contribution in [0.3, 0.4) is 0 Å². The minimum Gasteiger partial charge on any atom is -0.476 e. The van der Waals surface area contributed by atoms with E-state index in [2.05, 4.69) is 14.5 Å². The van der Waals surface area contributed by atoms with Crippen LogP contribution in [0.1, 0.15) is 10.5 Å². The summed E-state index contributed by atoms with van der Waals surface area (Å²) in [6, 6.07) is 1.92. The summed E-state index contributed by atoms with van der Waals surface area (Å²) >= 11 is 5.53. The van der Waals surface area contributed by atoms with E-state index >= 15 is 0 Å². The number of halogens is 5. The number of nitrogens with zero attached hydrogens (tertiary/aromatic N) is 1. The summed E-state index contributed by atoms with van der Waals surface area (Å²) in [5.74, 6) is -4.98. The summed E-state index contributed by atoms with van der Waals surface area (Å²) in [5.41, 5.74) is -2.02. The maximum Gasteiger partial charge on any atom is 0.586 e. The van der Waals surface area contributed by atoms with E-state index in [0.29, 0.717) is 12.1 Å². The Kier molecular flexibility index (Phi) is 3.33. The average molecular weight is 350 g/mol. The molecule has 2 aromatic rings. The fourth-order valence-electron chi connectivity index (χ4n) is 1.96. The van der Waals surface area contributed by atoms with Crippen LogP contribution in [0.4, 0.5) is 17.6 Å². The topological polar surface area (TPSA) is 68.7 Å². The van der Waals surface area contributed by atoms with E-state index in [1.54, 1.807) is 0 Å². The number of aromatic nitrogens is 1. The second-order valence-corrected chi connectivity index (χ2v) is 4.81. The number of carboxylic acid groups (broad SMARTS) is 1. The summed E-state index contributed by atoms with van der Waals surface area (Å²) in [5, 5.41) is 8.42. The van der Waals surface area contributed by atoms with Gasteiger partial charge in [0.25, 0.3) is 0 Å². The number of hydrogen-bond acceptors (Lipinski definition) is 4. The molecular formula is C13H4ClF4NO4. The molecule has 1 aliphatic heterocycles. The second-order valence-electron chi connectivity index (χ2n) is 4.40. The lowest BCUT2D eigenvalue weighted by molar-refractivity contribution is -0.286. The number of benzene rings is 1. The Morgan fingerprint density at radius 1 is 1.13 bits per heavy atom. The number of carbonyl (C=O) groups is 1. The molecule has 0 fully saturated rings. The van der Waals surface area contributed by atoms with Crippen LogP contribution >= 0.6 is 11.6 Å². The molecular weight excluding hydrogens is 346 g/mol. The number of rotatable bonds is 2. The first kappa shape index (κ1) is 15.3. The van der Waals surface area contributed by atoms with Crippen molar-refractivity contribution >= 4 is 17.6 Å². The highest BCUT2D eigenvalue weighted by atomic mass is 35.5. The van der Waals surface area contributed by atoms with Crippen molar-refractivity contribution in [1.82, 2.24) is 4.98 Å². The summed E-state index contributed by atoms with van der Waals surface area (Å²) in [7, 11) is 0. The van der Waals surface area contributed by atoms with Gasteiger partial charge in [-0.05, 0) is 12.1 Å². The lowest BCUT2D eigenvalue weighted by Crippen LogP contribution is -2.25. The van der Waals surface area contributed by atoms with Gasteiger partial charge in [-0.2, -0.15) is 0 Å². The highest BCUT2D eigenvalue weighted by Gasteiger charge is 2.44. The first-order valence-electron chi connectivity index (χ1n) is 5.87. The molecule has 3 rings (SSSR count). The zero-order valence-corrected chi connectivity index (χ0v) is 11.5. The van der Waals surface area contributed by atoms with E-state index in [-0.39, 0.29) is 0 Å². The van der Waals surface area contributed by atoms with Crippen LogP contribution in [0.25, 0.3) is 11.3 Å². The van der Waals surface area contributed by atoms with Gasteiger partial charge in [0.1, 0.15) is 11.5 Å². The van der Waals surface area contributed by atoms with Gasteiger partial charge in [-0.3, -0.25) is 0 Å². The van der Waals surface area contributed by atoms with E-state index in [9.17, 15) is 22.4 Å². The first-order chi connectivity index (χ1) is 10.7. The van der Waals surface area contributed by atoms with Crippen LogP contribution < -0.4 is 9.47 Å². The fraction of sp³-hybridized carbons (Fsp3) is 0.0769. The minimum absolute atomic E-state index is 0.494. The molecule has 0 bridgehead atoms. The number of pyridine rings is 1. The van der Waals surface area contributed by atoms with Gasteiger partial charge in [-0.1, -0.05) is 11.6 Å². The van der Waals surface area contributed by atoms with Crippen LogP contribution in [-0.4, -0.2) is 22.4 Å². The third-order valence-electron chi connectivity index (χ3n) is 2.88. The number of aromatic carboxylic acids is 1. The molecule has 5 nitrogen and oxygen atoms in total. The molecule has 0 atom stereocenters. The molecule has 0 aliphatic carbocycles. The van der Waals surface area contributed by atoms with Gasteiger partial charge in [-0.25, -0.2) is 18.6 Å². The van der Waals surface area contributed by atoms with Crippen LogP contribution in [0, 0.1) is 11.6 Å². The SMILES string of the molecule is O=C(O)c1nc(-c2cc3c(cc2F)OC(F)(F)O3)c(F)cc1Cl. The van der Waals surface area contributed by atoms with Crippen molar-refractivity contribution in [3.05, 3.63) is 40.6 Å². The van der Waals surface area contributed by atoms with E-state index in [1.807, 2.05) is 0 Å². The number of fused-ring (bicyclic) bond motifs is 1. The number of ether oxygens (including phenoxy) is 2. The van der Waals surface area contributed by atoms with Crippen molar-refractivity contribution in [1.29, 1.82) is 0 Å². The molecule has 0 saturated carbocycles. The van der Waals surface area contributed by atoms with Crippen molar-refractivity contribution in [2.24, 2.45) is 0 Å². The molecule has 1 aromatic heterocycles. The third kappa shape index (κ3) is 2.63. The van der Waals surface area contributed by atoms with Crippen molar-refractivity contribution in [3.63, 3.8) is 0 Å². The average Bonchev–Trinajstić information content (AvgIpc) is 2.71. The van der Waals surface area contributed by atoms with Gasteiger partial charge < -0.3 is 14.6 Å². The zero-order chi connectivity index (χ0) is 16.9. The molecule has 1 aliphatic rings. The standard InChI is InChI=1S/C13H4ClF4NO4/c14-5-2-7(16)10(19-11(5)12(20)21)4-1-8-9(3-6(4)15)23-13(17,18)22-8/h1-3H,(H,20,21). The molecule has 1 aromatic carbocycles. The van der Waals surface area contributed by atoms with Gasteiger partial charge >= 0.3 is 12.3 Å². The quantitative estimate of drug-likeness (QED) is 0.837. The number of hydrogen-bond donors (Lipinski definition) is 1. The molecule has 2 heterocycles. The van der Waals surface area contributed by atoms with E-state index < -0.39 is 57.4 Å². The Morgan fingerprint density at radius 3 is 2.35 bits per heavy atom. The van der Waals surface area contributed by atoms with Crippen LogP contribution in [0.5, 0.6) is 11.5 Å². The Balaban J connectivity index is 2.17. The summed E-state index contributed by atoms with van der Waals surface area (Å²) in [4.78, 5) is 14.4. The minimum atomic E-state index is -3.98. The predicted molar refractivity (Wildman–Crippen MR) is 67.8 cm³/mol. The molecule has 0 spiro atoms. The summed E-state index contributed by atoms with van der Waals surface area (Å²) in [6.07, 6.45) is -3.98. The summed E-state index contributed by atoms with van der Waals surface area (Å²) in [6.45, 7) is 0. The Labute approximate surface area is 130 Å². The number of carboxylic acids is 1. The van der Waals surface area contributed by atoms with Crippen LogP contribution in [0.15, 0.2) is 18.2 Å². The Morgan fingerprint density at radius 2 is 1.74 bits per heavy atom. The Bertz CT molecular complexity index is 843. The van der Waals surface area contributed by atoms with Gasteiger partial charge in [0.15, 0.2) is 23.0 Å². The first-order valence-corrected chi connectivity index (χ1v) is 6.25. The normalized spacial score (nSPS) is 14.8. The van der Waals surface area contributed by atoms with Gasteiger partial charge in [0, 0.05) is 11.6 Å². The van der Waals surface area contributed by atoms with Gasteiger partial charge in [-0.15, -0.1) is 8.78 Å². The third-order valence-corrected chi connectivity index (χ3v) is 3.17. The monoisotopic (exact) mass is 349 g/mol. The van der Waals surface area contributed by atoms with Crippen molar-refractivity contribution in [2.45, 2.75) is 6.29 Å². The van der Waals surface area contributed by atoms with Crippen LogP contribution in [-0.2, 0) is 0 Å².